The molecular weight excluding hydrogens is 318 g/mol. The van der Waals surface area contributed by atoms with Crippen molar-refractivity contribution in [2.45, 2.75) is 44.6 Å². The molecule has 24 heavy (non-hydrogen) atoms. The third-order valence-corrected chi connectivity index (χ3v) is 6.53. The number of carbonyl (C=O) groups excluding carboxylic acids is 1. The summed E-state index contributed by atoms with van der Waals surface area (Å²) in [6.07, 6.45) is 4.75. The Morgan fingerprint density at radius 2 is 2.04 bits per heavy atom. The molecule has 1 aromatic heterocycles. The first-order valence-electron chi connectivity index (χ1n) is 9.06. The molecule has 2 fully saturated rings. The number of benzene rings is 1. The minimum Gasteiger partial charge on any atom is -0.352 e. The molecule has 5 heteroatoms. The molecule has 1 amide bonds. The smallest absolute Gasteiger partial charge is 0.234 e. The van der Waals surface area contributed by atoms with E-state index in [9.17, 15) is 4.79 Å². The Morgan fingerprint density at radius 1 is 1.29 bits per heavy atom. The van der Waals surface area contributed by atoms with E-state index in [1.807, 2.05) is 11.3 Å². The SMILES string of the molecule is C[C@@H](NC(=O)CN1CCC(c2nc3ccccc3s2)CC1)C1CC1. The van der Waals surface area contributed by atoms with Gasteiger partial charge in [0.1, 0.15) is 0 Å². The summed E-state index contributed by atoms with van der Waals surface area (Å²) in [5.41, 5.74) is 1.12. The third kappa shape index (κ3) is 3.62. The molecule has 1 saturated carbocycles. The van der Waals surface area contributed by atoms with Crippen molar-refractivity contribution in [3.05, 3.63) is 29.3 Å². The van der Waals surface area contributed by atoms with Crippen LogP contribution in [0.2, 0.25) is 0 Å². The van der Waals surface area contributed by atoms with Crippen molar-refractivity contribution in [1.29, 1.82) is 0 Å². The number of fused-ring (bicyclic) bond motifs is 1. The third-order valence-electron chi connectivity index (χ3n) is 5.33. The Kier molecular flexibility index (Phi) is 4.55. The summed E-state index contributed by atoms with van der Waals surface area (Å²) in [5, 5.41) is 4.43. The number of piperidine rings is 1. The van der Waals surface area contributed by atoms with Crippen molar-refractivity contribution in [1.82, 2.24) is 15.2 Å². The lowest BCUT2D eigenvalue weighted by molar-refractivity contribution is -0.123. The van der Waals surface area contributed by atoms with Gasteiger partial charge in [-0.15, -0.1) is 11.3 Å². The topological polar surface area (TPSA) is 45.2 Å². The van der Waals surface area contributed by atoms with E-state index in [0.29, 0.717) is 18.5 Å². The fourth-order valence-electron chi connectivity index (χ4n) is 3.62. The first-order chi connectivity index (χ1) is 11.7. The molecule has 1 aliphatic heterocycles. The number of carbonyl (C=O) groups is 1. The molecular formula is C19H25N3OS. The maximum Gasteiger partial charge on any atom is 0.234 e. The highest BCUT2D eigenvalue weighted by Gasteiger charge is 2.30. The van der Waals surface area contributed by atoms with Gasteiger partial charge in [-0.3, -0.25) is 9.69 Å². The number of thiazole rings is 1. The number of hydrogen-bond donors (Lipinski definition) is 1. The molecule has 0 unspecified atom stereocenters. The molecule has 1 saturated heterocycles. The van der Waals surface area contributed by atoms with Gasteiger partial charge >= 0.3 is 0 Å². The van der Waals surface area contributed by atoms with Crippen LogP contribution in [-0.2, 0) is 4.79 Å². The number of amides is 1. The Balaban J connectivity index is 1.29. The molecule has 1 atom stereocenters. The van der Waals surface area contributed by atoms with Crippen LogP contribution >= 0.6 is 11.3 Å². The fourth-order valence-corrected chi connectivity index (χ4v) is 4.76. The fraction of sp³-hybridized carbons (Fsp3) is 0.579. The molecule has 2 aliphatic rings. The second-order valence-corrected chi connectivity index (χ2v) is 8.33. The minimum atomic E-state index is 0.188. The zero-order chi connectivity index (χ0) is 16.5. The summed E-state index contributed by atoms with van der Waals surface area (Å²) in [4.78, 5) is 19.3. The van der Waals surface area contributed by atoms with Gasteiger partial charge in [-0.25, -0.2) is 4.98 Å². The summed E-state index contributed by atoms with van der Waals surface area (Å²) in [5.74, 6) is 1.46. The largest absolute Gasteiger partial charge is 0.352 e. The minimum absolute atomic E-state index is 0.188. The molecule has 2 aromatic rings. The van der Waals surface area contributed by atoms with Crippen LogP contribution in [-0.4, -0.2) is 41.5 Å². The summed E-state index contributed by atoms with van der Waals surface area (Å²) >= 11 is 1.83. The molecule has 2 heterocycles. The van der Waals surface area contributed by atoms with Gasteiger partial charge in [0.2, 0.25) is 5.91 Å². The lowest BCUT2D eigenvalue weighted by atomic mass is 9.97. The van der Waals surface area contributed by atoms with E-state index in [1.54, 1.807) is 0 Å². The van der Waals surface area contributed by atoms with Crippen molar-refractivity contribution in [3.8, 4) is 0 Å². The van der Waals surface area contributed by atoms with Gasteiger partial charge in [0.05, 0.1) is 21.8 Å². The number of rotatable bonds is 5. The first-order valence-corrected chi connectivity index (χ1v) is 9.88. The van der Waals surface area contributed by atoms with Gasteiger partial charge < -0.3 is 5.32 Å². The van der Waals surface area contributed by atoms with Crippen molar-refractivity contribution >= 4 is 27.5 Å². The molecule has 0 spiro atoms. The van der Waals surface area contributed by atoms with Crippen LogP contribution < -0.4 is 5.32 Å². The number of nitrogens with one attached hydrogen (secondary N) is 1. The number of hydrogen-bond acceptors (Lipinski definition) is 4. The van der Waals surface area contributed by atoms with Crippen LogP contribution in [0.15, 0.2) is 24.3 Å². The monoisotopic (exact) mass is 343 g/mol. The van der Waals surface area contributed by atoms with Gasteiger partial charge in [0, 0.05) is 12.0 Å². The molecule has 0 bridgehead atoms. The first kappa shape index (κ1) is 16.0. The predicted octanol–water partition coefficient (Wildman–Crippen LogP) is 3.39. The lowest BCUT2D eigenvalue weighted by Crippen LogP contribution is -2.44. The van der Waals surface area contributed by atoms with E-state index >= 15 is 0 Å². The summed E-state index contributed by atoms with van der Waals surface area (Å²) in [6, 6.07) is 8.72. The number of likely N-dealkylation sites (tertiary alicyclic amines) is 1. The van der Waals surface area contributed by atoms with E-state index in [-0.39, 0.29) is 5.91 Å². The second-order valence-electron chi connectivity index (χ2n) is 7.26. The van der Waals surface area contributed by atoms with E-state index in [0.717, 1.165) is 37.4 Å². The van der Waals surface area contributed by atoms with Gasteiger partial charge in [-0.05, 0) is 63.7 Å². The van der Waals surface area contributed by atoms with Crippen LogP contribution in [0.25, 0.3) is 10.2 Å². The summed E-state index contributed by atoms with van der Waals surface area (Å²) < 4.78 is 1.28. The molecule has 0 radical (unpaired) electrons. The number of nitrogens with zero attached hydrogens (tertiary/aromatic N) is 2. The van der Waals surface area contributed by atoms with Crippen molar-refractivity contribution in [3.63, 3.8) is 0 Å². The summed E-state index contributed by atoms with van der Waals surface area (Å²) in [6.45, 7) is 4.66. The quantitative estimate of drug-likeness (QED) is 0.905. The highest BCUT2D eigenvalue weighted by atomic mass is 32.1. The number of para-hydroxylation sites is 1. The highest BCUT2D eigenvalue weighted by molar-refractivity contribution is 7.18. The molecule has 1 aromatic carbocycles. The van der Waals surface area contributed by atoms with Crippen LogP contribution in [0, 0.1) is 5.92 Å². The molecule has 128 valence electrons. The van der Waals surface area contributed by atoms with Crippen molar-refractivity contribution in [2.24, 2.45) is 5.92 Å². The standard InChI is InChI=1S/C19H25N3OS/c1-13(14-6-7-14)20-18(23)12-22-10-8-15(9-11-22)19-21-16-4-2-3-5-17(16)24-19/h2-5,13-15H,6-12H2,1H3,(H,20,23)/t13-/m1/s1. The Morgan fingerprint density at radius 3 is 2.75 bits per heavy atom. The van der Waals surface area contributed by atoms with Crippen LogP contribution in [0.3, 0.4) is 0 Å². The molecule has 1 aliphatic carbocycles. The van der Waals surface area contributed by atoms with Gasteiger partial charge in [-0.2, -0.15) is 0 Å². The Bertz CT molecular complexity index is 683. The molecule has 4 rings (SSSR count). The zero-order valence-corrected chi connectivity index (χ0v) is 15.0. The Hall–Kier alpha value is -1.46. The maximum absolute atomic E-state index is 12.2. The van der Waals surface area contributed by atoms with Gasteiger partial charge in [0.25, 0.3) is 0 Å². The van der Waals surface area contributed by atoms with Crippen molar-refractivity contribution in [2.75, 3.05) is 19.6 Å². The van der Waals surface area contributed by atoms with Gasteiger partial charge in [0.15, 0.2) is 0 Å². The van der Waals surface area contributed by atoms with Crippen LogP contribution in [0.5, 0.6) is 0 Å². The Labute approximate surface area is 147 Å². The van der Waals surface area contributed by atoms with Crippen LogP contribution in [0.4, 0.5) is 0 Å². The second kappa shape index (κ2) is 6.81. The van der Waals surface area contributed by atoms with E-state index in [2.05, 4.69) is 41.4 Å². The van der Waals surface area contributed by atoms with Crippen molar-refractivity contribution < 1.29 is 4.79 Å². The van der Waals surface area contributed by atoms with E-state index in [4.69, 9.17) is 4.98 Å². The number of aromatic nitrogens is 1. The summed E-state index contributed by atoms with van der Waals surface area (Å²) in [7, 11) is 0. The normalized spacial score (nSPS) is 21.0. The highest BCUT2D eigenvalue weighted by Crippen LogP contribution is 2.34. The average Bonchev–Trinajstić information content (AvgIpc) is 3.34. The lowest BCUT2D eigenvalue weighted by Gasteiger charge is -2.30. The van der Waals surface area contributed by atoms with Gasteiger partial charge in [-0.1, -0.05) is 12.1 Å². The van der Waals surface area contributed by atoms with E-state index < -0.39 is 0 Å². The molecule has 1 N–H and O–H groups in total. The van der Waals surface area contributed by atoms with E-state index in [1.165, 1.54) is 22.5 Å². The predicted molar refractivity (Wildman–Crippen MR) is 98.4 cm³/mol. The maximum atomic E-state index is 12.2. The zero-order valence-electron chi connectivity index (χ0n) is 14.2. The average molecular weight is 343 g/mol. The van der Waals surface area contributed by atoms with Crippen LogP contribution in [0.1, 0.15) is 43.5 Å². The molecule has 4 nitrogen and oxygen atoms in total.